The summed E-state index contributed by atoms with van der Waals surface area (Å²) >= 11 is 0. The molecular weight excluding hydrogens is 291 g/mol. The molecule has 6 heteroatoms. The number of aromatic nitrogens is 1. The Labute approximate surface area is 121 Å². The fraction of sp³-hybridized carbons (Fsp3) is 0.0667. The van der Waals surface area contributed by atoms with Gasteiger partial charge in [-0.15, -0.1) is 0 Å². The van der Waals surface area contributed by atoms with Crippen LogP contribution in [-0.2, 0) is 10.0 Å². The molecule has 1 heterocycles. The Balaban J connectivity index is 1.96. The Kier molecular flexibility index (Phi) is 3.17. The number of fused-ring (bicyclic) bond motifs is 1. The lowest BCUT2D eigenvalue weighted by atomic mass is 10.2. The predicted octanol–water partition coefficient (Wildman–Crippen LogP) is 3.42. The zero-order valence-corrected chi connectivity index (χ0v) is 12.0. The summed E-state index contributed by atoms with van der Waals surface area (Å²) in [6, 6.07) is 12.0. The van der Waals surface area contributed by atoms with Gasteiger partial charge in [-0.3, -0.25) is 4.72 Å². The van der Waals surface area contributed by atoms with Crippen molar-refractivity contribution in [3.63, 3.8) is 0 Å². The highest BCUT2D eigenvalue weighted by molar-refractivity contribution is 7.92. The maximum Gasteiger partial charge on any atom is 0.261 e. The summed E-state index contributed by atoms with van der Waals surface area (Å²) in [5.74, 6) is -0.588. The molecule has 0 aliphatic rings. The third-order valence-corrected chi connectivity index (χ3v) is 4.49. The standard InChI is InChI=1S/C15H13FN2O2S/c1-10-7-11-8-13(5-6-15(11)17-10)18-21(19,20)14-4-2-3-12(16)9-14/h2-9,17-18H,1H3. The van der Waals surface area contributed by atoms with E-state index in [1.54, 1.807) is 18.2 Å². The van der Waals surface area contributed by atoms with Gasteiger partial charge in [0.25, 0.3) is 10.0 Å². The molecule has 0 saturated heterocycles. The van der Waals surface area contributed by atoms with Crippen LogP contribution in [0.1, 0.15) is 5.69 Å². The van der Waals surface area contributed by atoms with Crippen molar-refractivity contribution < 1.29 is 12.8 Å². The first-order valence-corrected chi connectivity index (χ1v) is 7.80. The third kappa shape index (κ3) is 2.75. The Morgan fingerprint density at radius 1 is 1.10 bits per heavy atom. The molecule has 0 spiro atoms. The summed E-state index contributed by atoms with van der Waals surface area (Å²) in [6.07, 6.45) is 0. The van der Waals surface area contributed by atoms with Gasteiger partial charge in [0, 0.05) is 22.3 Å². The lowest BCUT2D eigenvalue weighted by Gasteiger charge is -2.08. The summed E-state index contributed by atoms with van der Waals surface area (Å²) in [7, 11) is -3.80. The van der Waals surface area contributed by atoms with Crippen LogP contribution in [0.3, 0.4) is 0 Å². The van der Waals surface area contributed by atoms with E-state index in [2.05, 4.69) is 9.71 Å². The number of H-pyrrole nitrogens is 1. The second-order valence-electron chi connectivity index (χ2n) is 4.82. The Morgan fingerprint density at radius 3 is 2.67 bits per heavy atom. The lowest BCUT2D eigenvalue weighted by Crippen LogP contribution is -2.13. The van der Waals surface area contributed by atoms with Crippen molar-refractivity contribution in [3.8, 4) is 0 Å². The number of aromatic amines is 1. The minimum absolute atomic E-state index is 0.104. The van der Waals surface area contributed by atoms with Crippen molar-refractivity contribution in [2.75, 3.05) is 4.72 Å². The predicted molar refractivity (Wildman–Crippen MR) is 80.2 cm³/mol. The van der Waals surface area contributed by atoms with Gasteiger partial charge in [0.15, 0.2) is 0 Å². The Morgan fingerprint density at radius 2 is 1.90 bits per heavy atom. The second-order valence-corrected chi connectivity index (χ2v) is 6.50. The molecule has 0 aliphatic heterocycles. The number of aryl methyl sites for hydroxylation is 1. The Bertz CT molecular complexity index is 916. The van der Waals surface area contributed by atoms with Crippen molar-refractivity contribution in [1.82, 2.24) is 4.98 Å². The quantitative estimate of drug-likeness (QED) is 0.779. The van der Waals surface area contributed by atoms with E-state index in [0.29, 0.717) is 5.69 Å². The molecule has 21 heavy (non-hydrogen) atoms. The van der Waals surface area contributed by atoms with Crippen molar-refractivity contribution in [3.05, 3.63) is 60.0 Å². The molecule has 108 valence electrons. The number of sulfonamides is 1. The van der Waals surface area contributed by atoms with Crippen LogP contribution in [0.25, 0.3) is 10.9 Å². The molecule has 0 amide bonds. The highest BCUT2D eigenvalue weighted by Crippen LogP contribution is 2.22. The fourth-order valence-corrected chi connectivity index (χ4v) is 3.27. The van der Waals surface area contributed by atoms with Gasteiger partial charge < -0.3 is 4.98 Å². The van der Waals surface area contributed by atoms with Crippen molar-refractivity contribution >= 4 is 26.6 Å². The van der Waals surface area contributed by atoms with E-state index < -0.39 is 15.8 Å². The smallest absolute Gasteiger partial charge is 0.261 e. The van der Waals surface area contributed by atoms with Gasteiger partial charge in [0.2, 0.25) is 0 Å². The molecule has 4 nitrogen and oxygen atoms in total. The second kappa shape index (κ2) is 4.89. The van der Waals surface area contributed by atoms with Gasteiger partial charge in [-0.05, 0) is 49.4 Å². The molecule has 3 rings (SSSR count). The van der Waals surface area contributed by atoms with Crippen LogP contribution in [0.4, 0.5) is 10.1 Å². The topological polar surface area (TPSA) is 62.0 Å². The number of benzene rings is 2. The molecule has 2 aromatic carbocycles. The van der Waals surface area contributed by atoms with Crippen LogP contribution in [-0.4, -0.2) is 13.4 Å². The fourth-order valence-electron chi connectivity index (χ4n) is 2.19. The number of hydrogen-bond acceptors (Lipinski definition) is 2. The first kappa shape index (κ1) is 13.6. The summed E-state index contributed by atoms with van der Waals surface area (Å²) < 4.78 is 40.0. The average Bonchev–Trinajstić information content (AvgIpc) is 2.77. The van der Waals surface area contributed by atoms with Gasteiger partial charge in [-0.1, -0.05) is 6.07 Å². The number of nitrogens with one attached hydrogen (secondary N) is 2. The maximum atomic E-state index is 13.2. The first-order valence-electron chi connectivity index (χ1n) is 6.32. The molecular formula is C15H13FN2O2S. The van der Waals surface area contributed by atoms with Crippen LogP contribution in [0.15, 0.2) is 53.4 Å². The zero-order valence-electron chi connectivity index (χ0n) is 11.2. The van der Waals surface area contributed by atoms with E-state index >= 15 is 0 Å². The van der Waals surface area contributed by atoms with Gasteiger partial charge in [-0.25, -0.2) is 12.8 Å². The average molecular weight is 304 g/mol. The molecule has 0 radical (unpaired) electrons. The van der Waals surface area contributed by atoms with Gasteiger partial charge in [-0.2, -0.15) is 0 Å². The molecule has 1 aromatic heterocycles. The maximum absolute atomic E-state index is 13.2. The molecule has 0 unspecified atom stereocenters. The highest BCUT2D eigenvalue weighted by atomic mass is 32.2. The van der Waals surface area contributed by atoms with Crippen LogP contribution in [0, 0.1) is 12.7 Å². The first-order chi connectivity index (χ1) is 9.94. The van der Waals surface area contributed by atoms with E-state index in [9.17, 15) is 12.8 Å². The third-order valence-electron chi connectivity index (χ3n) is 3.11. The molecule has 3 aromatic rings. The lowest BCUT2D eigenvalue weighted by molar-refractivity contribution is 0.595. The number of hydrogen-bond donors (Lipinski definition) is 2. The van der Waals surface area contributed by atoms with Gasteiger partial charge in [0.05, 0.1) is 4.90 Å². The Hall–Kier alpha value is -2.34. The van der Waals surface area contributed by atoms with E-state index in [1.165, 1.54) is 18.2 Å². The molecule has 0 aliphatic carbocycles. The number of anilines is 1. The van der Waals surface area contributed by atoms with Crippen molar-refractivity contribution in [2.24, 2.45) is 0 Å². The van der Waals surface area contributed by atoms with Crippen LogP contribution in [0.2, 0.25) is 0 Å². The summed E-state index contributed by atoms with van der Waals surface area (Å²) in [6.45, 7) is 1.93. The molecule has 0 saturated carbocycles. The van der Waals surface area contributed by atoms with Crippen LogP contribution >= 0.6 is 0 Å². The van der Waals surface area contributed by atoms with E-state index in [0.717, 1.165) is 22.7 Å². The summed E-state index contributed by atoms with van der Waals surface area (Å²) in [5, 5.41) is 0.909. The van der Waals surface area contributed by atoms with E-state index in [4.69, 9.17) is 0 Å². The highest BCUT2D eigenvalue weighted by Gasteiger charge is 2.15. The molecule has 0 fully saturated rings. The SMILES string of the molecule is Cc1cc2cc(NS(=O)(=O)c3cccc(F)c3)ccc2[nH]1. The minimum atomic E-state index is -3.80. The zero-order chi connectivity index (χ0) is 15.0. The van der Waals surface area contributed by atoms with Crippen molar-refractivity contribution in [2.45, 2.75) is 11.8 Å². The van der Waals surface area contributed by atoms with Gasteiger partial charge >= 0.3 is 0 Å². The normalized spacial score (nSPS) is 11.7. The van der Waals surface area contributed by atoms with Crippen molar-refractivity contribution in [1.29, 1.82) is 0 Å². The molecule has 0 atom stereocenters. The van der Waals surface area contributed by atoms with E-state index in [1.807, 2.05) is 13.0 Å². The van der Waals surface area contributed by atoms with Crippen LogP contribution in [0.5, 0.6) is 0 Å². The largest absolute Gasteiger partial charge is 0.359 e. The summed E-state index contributed by atoms with van der Waals surface area (Å²) in [4.78, 5) is 3.06. The van der Waals surface area contributed by atoms with Crippen LogP contribution < -0.4 is 4.72 Å². The summed E-state index contributed by atoms with van der Waals surface area (Å²) in [5.41, 5.74) is 2.36. The monoisotopic (exact) mass is 304 g/mol. The molecule has 2 N–H and O–H groups in total. The number of halogens is 1. The number of rotatable bonds is 3. The minimum Gasteiger partial charge on any atom is -0.359 e. The van der Waals surface area contributed by atoms with Gasteiger partial charge in [0.1, 0.15) is 5.82 Å². The van der Waals surface area contributed by atoms with E-state index in [-0.39, 0.29) is 4.90 Å². The molecule has 0 bridgehead atoms.